The Labute approximate surface area is 190 Å². The molecule has 31 heavy (non-hydrogen) atoms. The first kappa shape index (κ1) is 21.0. The van der Waals surface area contributed by atoms with E-state index in [-0.39, 0.29) is 11.0 Å². The molecule has 0 bridgehead atoms. The van der Waals surface area contributed by atoms with Crippen LogP contribution in [0.5, 0.6) is 5.75 Å². The average molecular weight is 448 g/mol. The molecule has 156 valence electrons. The Morgan fingerprint density at radius 1 is 1.03 bits per heavy atom. The third kappa shape index (κ3) is 4.57. The van der Waals surface area contributed by atoms with Crippen LogP contribution in [0.25, 0.3) is 20.8 Å². The molecule has 0 radical (unpaired) electrons. The zero-order chi connectivity index (χ0) is 22.0. The van der Waals surface area contributed by atoms with Crippen molar-refractivity contribution in [1.29, 1.82) is 0 Å². The van der Waals surface area contributed by atoms with Crippen LogP contribution >= 0.6 is 23.6 Å². The number of thiocarbonyl (C=S) groups is 1. The molecule has 2 N–H and O–H groups in total. The van der Waals surface area contributed by atoms with Crippen LogP contribution in [0.4, 0.5) is 5.69 Å². The zero-order valence-electron chi connectivity index (χ0n) is 17.4. The molecule has 1 aromatic heterocycles. The lowest BCUT2D eigenvalue weighted by Gasteiger charge is -2.14. The number of para-hydroxylation sites is 1. The number of rotatable bonds is 4. The number of anilines is 1. The second-order valence-electron chi connectivity index (χ2n) is 7.11. The highest BCUT2D eigenvalue weighted by atomic mass is 32.1. The molecule has 0 aliphatic heterocycles. The van der Waals surface area contributed by atoms with Crippen molar-refractivity contribution in [3.63, 3.8) is 0 Å². The van der Waals surface area contributed by atoms with Gasteiger partial charge >= 0.3 is 0 Å². The molecule has 0 atom stereocenters. The van der Waals surface area contributed by atoms with Crippen molar-refractivity contribution < 1.29 is 9.53 Å². The molecule has 0 saturated carbocycles. The van der Waals surface area contributed by atoms with Crippen LogP contribution in [-0.2, 0) is 0 Å². The van der Waals surface area contributed by atoms with Gasteiger partial charge < -0.3 is 10.1 Å². The van der Waals surface area contributed by atoms with Crippen LogP contribution in [0.1, 0.15) is 21.5 Å². The van der Waals surface area contributed by atoms with Gasteiger partial charge in [-0.1, -0.05) is 18.2 Å². The van der Waals surface area contributed by atoms with Crippen LogP contribution in [0, 0.1) is 13.8 Å². The van der Waals surface area contributed by atoms with Gasteiger partial charge in [0.15, 0.2) is 5.11 Å². The third-order valence-electron chi connectivity index (χ3n) is 4.98. The lowest BCUT2D eigenvalue weighted by atomic mass is 10.1. The summed E-state index contributed by atoms with van der Waals surface area (Å²) < 4.78 is 6.59. The highest BCUT2D eigenvalue weighted by molar-refractivity contribution is 7.80. The number of carbonyl (C=O) groups excluding carboxylic acids is 1. The zero-order valence-corrected chi connectivity index (χ0v) is 19.0. The minimum absolute atomic E-state index is 0.197. The molecule has 1 heterocycles. The van der Waals surface area contributed by atoms with E-state index in [1.54, 1.807) is 24.5 Å². The fourth-order valence-electron chi connectivity index (χ4n) is 3.15. The summed E-state index contributed by atoms with van der Waals surface area (Å²) in [7, 11) is 1.59. The molecule has 0 unspecified atom stereocenters. The van der Waals surface area contributed by atoms with Crippen molar-refractivity contribution in [3.8, 4) is 16.3 Å². The minimum Gasteiger partial charge on any atom is -0.495 e. The molecule has 4 rings (SSSR count). The molecule has 5 nitrogen and oxygen atoms in total. The van der Waals surface area contributed by atoms with Gasteiger partial charge in [-0.15, -0.1) is 11.3 Å². The molecular formula is C24H21N3O2S2. The Hall–Kier alpha value is -3.29. The fraction of sp³-hybridized carbons (Fsp3) is 0.125. The number of ether oxygens (including phenoxy) is 1. The van der Waals surface area contributed by atoms with E-state index < -0.39 is 0 Å². The topological polar surface area (TPSA) is 63.2 Å². The molecule has 7 heteroatoms. The summed E-state index contributed by atoms with van der Waals surface area (Å²) in [5.74, 6) is 0.356. The van der Waals surface area contributed by atoms with Gasteiger partial charge in [0.05, 0.1) is 23.0 Å². The molecule has 1 amide bonds. The summed E-state index contributed by atoms with van der Waals surface area (Å²) in [5, 5.41) is 6.92. The first-order chi connectivity index (χ1) is 14.9. The van der Waals surface area contributed by atoms with E-state index >= 15 is 0 Å². The lowest BCUT2D eigenvalue weighted by molar-refractivity contribution is 0.0977. The van der Waals surface area contributed by atoms with Gasteiger partial charge in [-0.3, -0.25) is 10.1 Å². The van der Waals surface area contributed by atoms with E-state index in [0.717, 1.165) is 31.9 Å². The quantitative estimate of drug-likeness (QED) is 0.392. The van der Waals surface area contributed by atoms with Crippen molar-refractivity contribution in [1.82, 2.24) is 10.3 Å². The molecule has 0 aliphatic carbocycles. The normalized spacial score (nSPS) is 10.7. The second kappa shape index (κ2) is 8.83. The van der Waals surface area contributed by atoms with Gasteiger partial charge in [0.1, 0.15) is 10.8 Å². The van der Waals surface area contributed by atoms with Crippen LogP contribution in [0.3, 0.4) is 0 Å². The summed E-state index contributed by atoms with van der Waals surface area (Å²) in [5.41, 5.74) is 5.30. The number of thiazole rings is 1. The monoisotopic (exact) mass is 447 g/mol. The van der Waals surface area contributed by atoms with E-state index in [1.807, 2.05) is 62.4 Å². The number of aromatic nitrogens is 1. The van der Waals surface area contributed by atoms with Crippen LogP contribution in [-0.4, -0.2) is 23.1 Å². The smallest absolute Gasteiger partial charge is 0.257 e. The molecule has 0 aliphatic rings. The van der Waals surface area contributed by atoms with Crippen molar-refractivity contribution in [2.24, 2.45) is 0 Å². The number of aryl methyl sites for hydroxylation is 2. The summed E-state index contributed by atoms with van der Waals surface area (Å²) in [4.78, 5) is 17.3. The van der Waals surface area contributed by atoms with Crippen LogP contribution in [0.2, 0.25) is 0 Å². The molecule has 0 saturated heterocycles. The number of benzene rings is 3. The van der Waals surface area contributed by atoms with E-state index in [9.17, 15) is 4.79 Å². The number of carbonyl (C=O) groups is 1. The molecule has 0 spiro atoms. The van der Waals surface area contributed by atoms with Gasteiger partial charge in [-0.25, -0.2) is 4.98 Å². The van der Waals surface area contributed by atoms with E-state index in [1.165, 1.54) is 0 Å². The SMILES string of the molecule is COc1ccc(-c2nc3ccccc3s2)cc1NC(=S)NC(=O)c1ccc(C)c(C)c1. The van der Waals surface area contributed by atoms with Gasteiger partial charge in [0, 0.05) is 11.1 Å². The van der Waals surface area contributed by atoms with Gasteiger partial charge in [-0.2, -0.15) is 0 Å². The first-order valence-electron chi connectivity index (χ1n) is 9.68. The van der Waals surface area contributed by atoms with Crippen LogP contribution in [0.15, 0.2) is 60.7 Å². The summed E-state index contributed by atoms with van der Waals surface area (Å²) in [6.07, 6.45) is 0. The maximum atomic E-state index is 12.6. The van der Waals surface area contributed by atoms with Crippen molar-refractivity contribution in [3.05, 3.63) is 77.4 Å². The highest BCUT2D eigenvalue weighted by Crippen LogP contribution is 2.34. The Kier molecular flexibility index (Phi) is 5.97. The van der Waals surface area contributed by atoms with Crippen LogP contribution < -0.4 is 15.4 Å². The lowest BCUT2D eigenvalue weighted by Crippen LogP contribution is -2.34. The van der Waals surface area contributed by atoms with Gasteiger partial charge in [0.2, 0.25) is 0 Å². The largest absolute Gasteiger partial charge is 0.495 e. The minimum atomic E-state index is -0.262. The number of amides is 1. The van der Waals surface area contributed by atoms with E-state index in [0.29, 0.717) is 17.0 Å². The highest BCUT2D eigenvalue weighted by Gasteiger charge is 2.13. The van der Waals surface area contributed by atoms with Crippen molar-refractivity contribution >= 4 is 50.5 Å². The fourth-order valence-corrected chi connectivity index (χ4v) is 4.31. The average Bonchev–Trinajstić information content (AvgIpc) is 3.20. The second-order valence-corrected chi connectivity index (χ2v) is 8.55. The number of hydrogen-bond acceptors (Lipinski definition) is 5. The maximum absolute atomic E-state index is 12.6. The number of methoxy groups -OCH3 is 1. The molecule has 0 fully saturated rings. The first-order valence-corrected chi connectivity index (χ1v) is 10.9. The molecule has 3 aromatic carbocycles. The van der Waals surface area contributed by atoms with E-state index in [2.05, 4.69) is 16.7 Å². The Morgan fingerprint density at radius 2 is 1.84 bits per heavy atom. The summed E-state index contributed by atoms with van der Waals surface area (Å²) >= 11 is 7.00. The Bertz CT molecular complexity index is 1260. The van der Waals surface area contributed by atoms with Gasteiger partial charge in [0.25, 0.3) is 5.91 Å². The maximum Gasteiger partial charge on any atom is 0.257 e. The molecule has 4 aromatic rings. The predicted octanol–water partition coefficient (Wildman–Crippen LogP) is 5.72. The summed E-state index contributed by atoms with van der Waals surface area (Å²) in [6.45, 7) is 3.98. The molecular weight excluding hydrogens is 426 g/mol. The Morgan fingerprint density at radius 3 is 2.58 bits per heavy atom. The Balaban J connectivity index is 1.55. The number of nitrogens with zero attached hydrogens (tertiary/aromatic N) is 1. The third-order valence-corrected chi connectivity index (χ3v) is 6.27. The van der Waals surface area contributed by atoms with Gasteiger partial charge in [-0.05, 0) is 79.7 Å². The number of hydrogen-bond donors (Lipinski definition) is 2. The van der Waals surface area contributed by atoms with Crippen molar-refractivity contribution in [2.45, 2.75) is 13.8 Å². The van der Waals surface area contributed by atoms with E-state index in [4.69, 9.17) is 21.9 Å². The summed E-state index contributed by atoms with van der Waals surface area (Å²) in [6, 6.07) is 19.3. The number of nitrogens with one attached hydrogen (secondary N) is 2. The standard InChI is InChI=1S/C24H21N3O2S2/c1-14-8-9-16(12-15(14)2)22(28)27-24(30)26-19-13-17(10-11-20(19)29-3)23-25-18-6-4-5-7-21(18)31-23/h4-13H,1-3H3,(H2,26,27,28,30). The number of fused-ring (bicyclic) bond motifs is 1. The van der Waals surface area contributed by atoms with Crippen molar-refractivity contribution in [2.75, 3.05) is 12.4 Å². The predicted molar refractivity (Wildman–Crippen MR) is 131 cm³/mol.